The third-order valence-corrected chi connectivity index (χ3v) is 4.62. The fraction of sp³-hybridized carbons (Fsp3) is 0.429. The van der Waals surface area contributed by atoms with Gasteiger partial charge in [-0.1, -0.05) is 0 Å². The predicted octanol–water partition coefficient (Wildman–Crippen LogP) is -5.37. The van der Waals surface area contributed by atoms with E-state index in [4.69, 9.17) is 21.9 Å². The summed E-state index contributed by atoms with van der Waals surface area (Å²) in [6.45, 7) is -1.54. The second-order valence-electron chi connectivity index (χ2n) is 6.19. The SMILES string of the molecule is NCC(=O)NC(=O)[C@@]1(n2cnc3c(N)ncnc32)O[C@H](CO)[C@@H](O)[C@]1(O)C(N)=O. The van der Waals surface area contributed by atoms with Crippen LogP contribution in [0.3, 0.4) is 0 Å². The van der Waals surface area contributed by atoms with Crippen LogP contribution in [0.1, 0.15) is 0 Å². The molecule has 15 nitrogen and oxygen atoms in total. The molecule has 0 saturated carbocycles. The molecule has 3 heterocycles. The van der Waals surface area contributed by atoms with Gasteiger partial charge in [0.25, 0.3) is 17.5 Å². The van der Waals surface area contributed by atoms with Gasteiger partial charge >= 0.3 is 0 Å². The van der Waals surface area contributed by atoms with E-state index in [0.29, 0.717) is 0 Å². The number of primary amides is 1. The summed E-state index contributed by atoms with van der Waals surface area (Å²) in [5.74, 6) is -4.10. The Morgan fingerprint density at radius 1 is 1.31 bits per heavy atom. The van der Waals surface area contributed by atoms with Crippen LogP contribution < -0.4 is 22.5 Å². The zero-order valence-electron chi connectivity index (χ0n) is 14.7. The fourth-order valence-electron chi connectivity index (χ4n) is 3.21. The molecule has 0 radical (unpaired) electrons. The third kappa shape index (κ3) is 2.64. The number of anilines is 1. The smallest absolute Gasteiger partial charge is 0.284 e. The molecular formula is C14H18N8O7. The number of imidazole rings is 1. The Bertz CT molecular complexity index is 996. The maximum absolute atomic E-state index is 13.1. The minimum absolute atomic E-state index is 0.0396. The molecule has 2 aromatic rings. The minimum atomic E-state index is -3.16. The van der Waals surface area contributed by atoms with Crippen molar-refractivity contribution in [1.29, 1.82) is 0 Å². The molecule has 3 amide bonds. The topological polar surface area (TPSA) is 255 Å². The van der Waals surface area contributed by atoms with Crippen LogP contribution in [-0.2, 0) is 24.8 Å². The molecule has 29 heavy (non-hydrogen) atoms. The molecule has 4 atom stereocenters. The summed E-state index contributed by atoms with van der Waals surface area (Å²) in [7, 11) is 0. The van der Waals surface area contributed by atoms with Crippen molar-refractivity contribution in [1.82, 2.24) is 24.8 Å². The number of hydrogen-bond donors (Lipinski definition) is 7. The first-order chi connectivity index (χ1) is 13.6. The lowest BCUT2D eigenvalue weighted by Crippen LogP contribution is -2.70. The number of fused-ring (bicyclic) bond motifs is 1. The lowest BCUT2D eigenvalue weighted by Gasteiger charge is -2.38. The normalized spacial score (nSPS) is 29.1. The molecule has 1 aliphatic rings. The van der Waals surface area contributed by atoms with Gasteiger partial charge in [0.1, 0.15) is 30.4 Å². The zero-order valence-corrected chi connectivity index (χ0v) is 14.7. The van der Waals surface area contributed by atoms with Gasteiger partial charge in [-0.3, -0.25) is 24.3 Å². The summed E-state index contributed by atoms with van der Waals surface area (Å²) in [5.41, 5.74) is 9.92. The highest BCUT2D eigenvalue weighted by atomic mass is 16.6. The summed E-state index contributed by atoms with van der Waals surface area (Å²) in [5, 5.41) is 32.9. The van der Waals surface area contributed by atoms with Gasteiger partial charge in [0, 0.05) is 0 Å². The lowest BCUT2D eigenvalue weighted by atomic mass is 9.84. The Labute approximate surface area is 161 Å². The number of nitrogens with zero attached hydrogens (tertiary/aromatic N) is 4. The summed E-state index contributed by atoms with van der Waals surface area (Å²) < 4.78 is 6.22. The Morgan fingerprint density at radius 2 is 2.00 bits per heavy atom. The largest absolute Gasteiger partial charge is 0.394 e. The number of carbonyl (C=O) groups is 3. The number of carbonyl (C=O) groups excluding carboxylic acids is 3. The average molecular weight is 410 g/mol. The fourth-order valence-corrected chi connectivity index (χ4v) is 3.21. The van der Waals surface area contributed by atoms with Crippen molar-refractivity contribution < 1.29 is 34.4 Å². The highest BCUT2D eigenvalue weighted by Gasteiger charge is 2.74. The number of rotatable bonds is 5. The van der Waals surface area contributed by atoms with E-state index in [-0.39, 0.29) is 17.0 Å². The maximum atomic E-state index is 13.1. The van der Waals surface area contributed by atoms with E-state index < -0.39 is 54.4 Å². The number of nitrogen functional groups attached to an aromatic ring is 1. The van der Waals surface area contributed by atoms with E-state index in [1.165, 1.54) is 0 Å². The molecule has 156 valence electrons. The number of nitrogens with one attached hydrogen (secondary N) is 1. The quantitative estimate of drug-likeness (QED) is 0.244. The van der Waals surface area contributed by atoms with Crippen LogP contribution in [-0.4, -0.2) is 83.5 Å². The minimum Gasteiger partial charge on any atom is -0.394 e. The number of hydrogen-bond acceptors (Lipinski definition) is 12. The molecule has 0 bridgehead atoms. The van der Waals surface area contributed by atoms with Gasteiger partial charge in [-0.15, -0.1) is 0 Å². The van der Waals surface area contributed by atoms with Gasteiger partial charge < -0.3 is 37.3 Å². The van der Waals surface area contributed by atoms with Crippen molar-refractivity contribution in [3.8, 4) is 0 Å². The van der Waals surface area contributed by atoms with Crippen molar-refractivity contribution in [3.05, 3.63) is 12.7 Å². The first-order valence-electron chi connectivity index (χ1n) is 8.12. The number of aliphatic hydroxyl groups is 3. The number of imide groups is 1. The molecule has 1 fully saturated rings. The van der Waals surface area contributed by atoms with E-state index in [0.717, 1.165) is 17.2 Å². The van der Waals surface area contributed by atoms with Crippen molar-refractivity contribution >= 4 is 34.7 Å². The Kier molecular flexibility index (Phi) is 4.93. The van der Waals surface area contributed by atoms with Crippen molar-refractivity contribution in [2.45, 2.75) is 23.5 Å². The van der Waals surface area contributed by atoms with E-state index in [2.05, 4.69) is 15.0 Å². The summed E-state index contributed by atoms with van der Waals surface area (Å²) in [6, 6.07) is 0. The molecule has 2 aromatic heterocycles. The third-order valence-electron chi connectivity index (χ3n) is 4.62. The first kappa shape index (κ1) is 20.5. The average Bonchev–Trinajstić information content (AvgIpc) is 3.22. The summed E-state index contributed by atoms with van der Waals surface area (Å²) in [4.78, 5) is 48.6. The van der Waals surface area contributed by atoms with E-state index in [1.807, 2.05) is 5.32 Å². The van der Waals surface area contributed by atoms with E-state index in [1.54, 1.807) is 0 Å². The lowest BCUT2D eigenvalue weighted by molar-refractivity contribution is -0.202. The molecule has 0 spiro atoms. The van der Waals surface area contributed by atoms with Gasteiger partial charge in [-0.05, 0) is 0 Å². The first-order valence-corrected chi connectivity index (χ1v) is 8.12. The van der Waals surface area contributed by atoms with Crippen LogP contribution in [0, 0.1) is 0 Å². The van der Waals surface area contributed by atoms with E-state index in [9.17, 15) is 29.7 Å². The number of aromatic nitrogens is 4. The van der Waals surface area contributed by atoms with Gasteiger partial charge in [0.15, 0.2) is 11.5 Å². The summed E-state index contributed by atoms with van der Waals surface area (Å²) in [6.07, 6.45) is -1.89. The van der Waals surface area contributed by atoms with Crippen LogP contribution in [0.5, 0.6) is 0 Å². The molecular weight excluding hydrogens is 392 g/mol. The maximum Gasteiger partial charge on any atom is 0.284 e. The molecule has 3 rings (SSSR count). The molecule has 0 aromatic carbocycles. The second kappa shape index (κ2) is 6.98. The summed E-state index contributed by atoms with van der Waals surface area (Å²) >= 11 is 0. The molecule has 10 N–H and O–H groups in total. The number of aliphatic hydroxyl groups excluding tert-OH is 2. The standard InChI is InChI=1S/C14H18N8O7/c15-1-6(24)21-12(27)14(13(28,11(17)26)8(25)5(2-23)29-14)22-4-20-7-9(16)18-3-19-10(7)22/h3-5,8,23,25,28H,1-2,15H2,(H2,17,26)(H2,16,18,19)(H,21,24,27)/t5-,8-,13+,14-/m1/s1. The van der Waals surface area contributed by atoms with Gasteiger partial charge in [0.05, 0.1) is 13.2 Å². The Morgan fingerprint density at radius 3 is 2.59 bits per heavy atom. The van der Waals surface area contributed by atoms with Crippen molar-refractivity contribution in [2.24, 2.45) is 11.5 Å². The predicted molar refractivity (Wildman–Crippen MR) is 92.0 cm³/mol. The van der Waals surface area contributed by atoms with E-state index >= 15 is 0 Å². The van der Waals surface area contributed by atoms with Crippen LogP contribution in [0.4, 0.5) is 5.82 Å². The highest BCUT2D eigenvalue weighted by Crippen LogP contribution is 2.45. The van der Waals surface area contributed by atoms with Gasteiger partial charge in [0.2, 0.25) is 11.5 Å². The van der Waals surface area contributed by atoms with Crippen LogP contribution in [0.15, 0.2) is 12.7 Å². The van der Waals surface area contributed by atoms with Gasteiger partial charge in [-0.25, -0.2) is 15.0 Å². The molecule has 1 aliphatic heterocycles. The molecule has 0 aliphatic carbocycles. The molecule has 15 heteroatoms. The highest BCUT2D eigenvalue weighted by molar-refractivity contribution is 6.04. The zero-order chi connectivity index (χ0) is 21.6. The van der Waals surface area contributed by atoms with Crippen LogP contribution in [0.2, 0.25) is 0 Å². The molecule has 1 saturated heterocycles. The van der Waals surface area contributed by atoms with Crippen molar-refractivity contribution in [3.63, 3.8) is 0 Å². The second-order valence-corrected chi connectivity index (χ2v) is 6.19. The number of amides is 3. The Balaban J connectivity index is 2.36. The number of ether oxygens (including phenoxy) is 1. The Hall–Kier alpha value is -3.24. The van der Waals surface area contributed by atoms with Crippen LogP contribution >= 0.6 is 0 Å². The monoisotopic (exact) mass is 410 g/mol. The van der Waals surface area contributed by atoms with Crippen LogP contribution in [0.25, 0.3) is 11.2 Å². The molecule has 0 unspecified atom stereocenters. The van der Waals surface area contributed by atoms with Crippen molar-refractivity contribution in [2.75, 3.05) is 18.9 Å². The van der Waals surface area contributed by atoms with Gasteiger partial charge in [-0.2, -0.15) is 0 Å². The number of nitrogens with two attached hydrogens (primary N) is 3.